The molecule has 22 heavy (non-hydrogen) atoms. The van der Waals surface area contributed by atoms with Crippen LogP contribution in [0.1, 0.15) is 82.8 Å². The Kier molecular flexibility index (Phi) is 7.58. The molecule has 2 rings (SSSR count). The van der Waals surface area contributed by atoms with E-state index < -0.39 is 0 Å². The lowest BCUT2D eigenvalue weighted by atomic mass is 9.78. The van der Waals surface area contributed by atoms with E-state index in [1.807, 2.05) is 0 Å². The minimum absolute atomic E-state index is 0.933. The predicted molar refractivity (Wildman–Crippen MR) is 96.9 cm³/mol. The Morgan fingerprint density at radius 2 is 1.55 bits per heavy atom. The topological polar surface area (TPSA) is 0 Å². The van der Waals surface area contributed by atoms with E-state index in [0.717, 1.165) is 23.8 Å². The molecule has 1 aliphatic rings. The summed E-state index contributed by atoms with van der Waals surface area (Å²) < 4.78 is 0. The van der Waals surface area contributed by atoms with Crippen molar-refractivity contribution < 1.29 is 0 Å². The summed E-state index contributed by atoms with van der Waals surface area (Å²) >= 11 is 0. The van der Waals surface area contributed by atoms with Crippen molar-refractivity contribution in [3.8, 4) is 11.8 Å². The zero-order valence-electron chi connectivity index (χ0n) is 14.5. The van der Waals surface area contributed by atoms with Gasteiger partial charge in [0.2, 0.25) is 0 Å². The molecule has 0 nitrogen and oxygen atoms in total. The second kappa shape index (κ2) is 9.73. The van der Waals surface area contributed by atoms with Gasteiger partial charge in [-0.1, -0.05) is 82.8 Å². The highest BCUT2D eigenvalue weighted by atomic mass is 14.3. The average molecular weight is 296 g/mol. The summed E-state index contributed by atoms with van der Waals surface area (Å²) in [5.74, 6) is 8.34. The summed E-state index contributed by atoms with van der Waals surface area (Å²) in [6, 6.07) is 8.90. The summed E-state index contributed by atoms with van der Waals surface area (Å²) in [5, 5.41) is 0. The highest BCUT2D eigenvalue weighted by Crippen LogP contribution is 2.34. The Labute approximate surface area is 137 Å². The largest absolute Gasteiger partial charge is 0.0982 e. The third-order valence-corrected chi connectivity index (χ3v) is 5.14. The fourth-order valence-corrected chi connectivity index (χ4v) is 3.62. The first-order valence-corrected chi connectivity index (χ1v) is 9.39. The summed E-state index contributed by atoms with van der Waals surface area (Å²) in [5.41, 5.74) is 2.64. The molecule has 0 amide bonds. The molecule has 1 aliphatic carbocycles. The van der Waals surface area contributed by atoms with Crippen molar-refractivity contribution in [2.45, 2.75) is 78.1 Å². The zero-order chi connectivity index (χ0) is 15.6. The summed E-state index contributed by atoms with van der Waals surface area (Å²) in [4.78, 5) is 0. The summed E-state index contributed by atoms with van der Waals surface area (Å²) in [7, 11) is 0. The molecule has 1 aromatic rings. The fourth-order valence-electron chi connectivity index (χ4n) is 3.62. The van der Waals surface area contributed by atoms with Crippen LogP contribution in [-0.2, 0) is 6.42 Å². The van der Waals surface area contributed by atoms with Crippen molar-refractivity contribution in [3.05, 3.63) is 35.4 Å². The predicted octanol–water partition coefficient (Wildman–Crippen LogP) is 6.38. The normalized spacial score (nSPS) is 21.2. The van der Waals surface area contributed by atoms with Crippen LogP contribution < -0.4 is 0 Å². The smallest absolute Gasteiger partial charge is 0.0245 e. The van der Waals surface area contributed by atoms with Gasteiger partial charge in [-0.25, -0.2) is 0 Å². The Bertz CT molecular complexity index is 463. The number of hydrogen-bond donors (Lipinski definition) is 0. The van der Waals surface area contributed by atoms with Gasteiger partial charge in [0.05, 0.1) is 0 Å². The van der Waals surface area contributed by atoms with Gasteiger partial charge in [0.25, 0.3) is 0 Å². The molecule has 0 heterocycles. The first-order valence-electron chi connectivity index (χ1n) is 9.39. The molecule has 1 saturated carbocycles. The van der Waals surface area contributed by atoms with E-state index >= 15 is 0 Å². The second-order valence-electron chi connectivity index (χ2n) is 6.92. The highest BCUT2D eigenvalue weighted by Gasteiger charge is 2.20. The number of hydrogen-bond acceptors (Lipinski definition) is 0. The van der Waals surface area contributed by atoms with Gasteiger partial charge < -0.3 is 0 Å². The van der Waals surface area contributed by atoms with Crippen LogP contribution in [0.25, 0.3) is 0 Å². The molecule has 120 valence electrons. The molecular weight excluding hydrogens is 264 g/mol. The Morgan fingerprint density at radius 3 is 2.14 bits per heavy atom. The van der Waals surface area contributed by atoms with Crippen LogP contribution >= 0.6 is 0 Å². The van der Waals surface area contributed by atoms with Gasteiger partial charge in [0, 0.05) is 12.0 Å². The van der Waals surface area contributed by atoms with Gasteiger partial charge in [-0.05, 0) is 42.4 Å². The minimum Gasteiger partial charge on any atom is -0.0982 e. The highest BCUT2D eigenvalue weighted by molar-refractivity contribution is 5.36. The van der Waals surface area contributed by atoms with E-state index in [-0.39, 0.29) is 0 Å². The van der Waals surface area contributed by atoms with Crippen molar-refractivity contribution in [1.29, 1.82) is 0 Å². The number of unbranched alkanes of at least 4 members (excludes halogenated alkanes) is 1. The fraction of sp³-hybridized carbons (Fsp3) is 0.636. The van der Waals surface area contributed by atoms with Crippen LogP contribution in [0, 0.1) is 23.7 Å². The Morgan fingerprint density at radius 1 is 0.909 bits per heavy atom. The van der Waals surface area contributed by atoms with Crippen LogP contribution in [0.5, 0.6) is 0 Å². The van der Waals surface area contributed by atoms with E-state index in [9.17, 15) is 0 Å². The van der Waals surface area contributed by atoms with Crippen LogP contribution in [0.2, 0.25) is 0 Å². The zero-order valence-corrected chi connectivity index (χ0v) is 14.5. The maximum atomic E-state index is 3.20. The van der Waals surface area contributed by atoms with Gasteiger partial charge in [0.1, 0.15) is 0 Å². The molecule has 0 atom stereocenters. The lowest BCUT2D eigenvalue weighted by molar-refractivity contribution is 0.250. The third-order valence-electron chi connectivity index (χ3n) is 5.14. The van der Waals surface area contributed by atoms with Crippen LogP contribution in [-0.4, -0.2) is 0 Å². The molecule has 0 N–H and O–H groups in total. The molecule has 0 aliphatic heterocycles. The van der Waals surface area contributed by atoms with E-state index in [2.05, 4.69) is 50.0 Å². The molecule has 0 spiro atoms. The number of aryl methyl sites for hydroxylation is 1. The average Bonchev–Trinajstić information content (AvgIpc) is 2.58. The molecule has 0 heteroatoms. The molecule has 1 fully saturated rings. The van der Waals surface area contributed by atoms with Crippen LogP contribution in [0.4, 0.5) is 0 Å². The quantitative estimate of drug-likeness (QED) is 0.534. The molecular formula is C22H32. The molecule has 0 radical (unpaired) electrons. The van der Waals surface area contributed by atoms with E-state index in [0.29, 0.717) is 0 Å². The number of benzene rings is 1. The summed E-state index contributed by atoms with van der Waals surface area (Å²) in [6.45, 7) is 4.41. The summed E-state index contributed by atoms with van der Waals surface area (Å²) in [6.07, 6.45) is 13.7. The Balaban J connectivity index is 1.70. The van der Waals surface area contributed by atoms with E-state index in [4.69, 9.17) is 0 Å². The SMILES string of the molecule is CCC#Cc1ccc(CC[C@H]2CC[C@H](CCCC)CC2)cc1. The first kappa shape index (κ1) is 17.1. The molecule has 0 aromatic heterocycles. The molecule has 0 saturated heterocycles. The molecule has 1 aromatic carbocycles. The van der Waals surface area contributed by atoms with Crippen molar-refractivity contribution in [1.82, 2.24) is 0 Å². The lowest BCUT2D eigenvalue weighted by Crippen LogP contribution is -2.15. The van der Waals surface area contributed by atoms with Gasteiger partial charge >= 0.3 is 0 Å². The van der Waals surface area contributed by atoms with Gasteiger partial charge in [-0.3, -0.25) is 0 Å². The van der Waals surface area contributed by atoms with E-state index in [1.165, 1.54) is 63.4 Å². The maximum absolute atomic E-state index is 3.20. The van der Waals surface area contributed by atoms with Gasteiger partial charge in [0.15, 0.2) is 0 Å². The van der Waals surface area contributed by atoms with E-state index in [1.54, 1.807) is 0 Å². The van der Waals surface area contributed by atoms with Crippen LogP contribution in [0.15, 0.2) is 24.3 Å². The van der Waals surface area contributed by atoms with Gasteiger partial charge in [-0.2, -0.15) is 0 Å². The minimum atomic E-state index is 0.933. The van der Waals surface area contributed by atoms with Crippen molar-refractivity contribution in [2.75, 3.05) is 0 Å². The monoisotopic (exact) mass is 296 g/mol. The second-order valence-corrected chi connectivity index (χ2v) is 6.92. The third kappa shape index (κ3) is 5.88. The lowest BCUT2D eigenvalue weighted by Gasteiger charge is -2.28. The van der Waals surface area contributed by atoms with Gasteiger partial charge in [-0.15, -0.1) is 0 Å². The maximum Gasteiger partial charge on any atom is 0.0245 e. The molecule has 0 unspecified atom stereocenters. The standard InChI is InChI=1S/C22H32/c1-3-5-7-19-9-13-21(14-10-19)17-18-22-15-11-20(12-16-22)8-6-4-2/h11-12,15-16,19,21H,3-5,7,9-10,13-14,17-18H2,1-2H3/t19-,21-. The van der Waals surface area contributed by atoms with Crippen molar-refractivity contribution in [2.24, 2.45) is 11.8 Å². The molecule has 0 bridgehead atoms. The van der Waals surface area contributed by atoms with Crippen LogP contribution in [0.3, 0.4) is 0 Å². The number of rotatable bonds is 6. The first-order chi connectivity index (χ1) is 10.8. The van der Waals surface area contributed by atoms with Crippen molar-refractivity contribution >= 4 is 0 Å². The Hall–Kier alpha value is -1.22. The van der Waals surface area contributed by atoms with Crippen molar-refractivity contribution in [3.63, 3.8) is 0 Å².